The lowest BCUT2D eigenvalue weighted by molar-refractivity contribution is 0.0741. The van der Waals surface area contributed by atoms with Crippen LogP contribution in [0.5, 0.6) is 11.5 Å². The van der Waals surface area contributed by atoms with E-state index in [0.29, 0.717) is 6.42 Å². The molecule has 2 heterocycles. The summed E-state index contributed by atoms with van der Waals surface area (Å²) in [7, 11) is 0. The van der Waals surface area contributed by atoms with Crippen molar-refractivity contribution in [2.45, 2.75) is 11.3 Å². The van der Waals surface area contributed by atoms with Gasteiger partial charge < -0.3 is 20.2 Å². The number of hydrogen-bond acceptors (Lipinski definition) is 6. The summed E-state index contributed by atoms with van der Waals surface area (Å²) in [5, 5.41) is 9.96. The summed E-state index contributed by atoms with van der Waals surface area (Å²) >= 11 is 1.64. The third-order valence-corrected chi connectivity index (χ3v) is 6.27. The fourth-order valence-corrected chi connectivity index (χ4v) is 4.32. The van der Waals surface area contributed by atoms with Crippen LogP contribution < -0.4 is 15.6 Å². The van der Waals surface area contributed by atoms with E-state index < -0.39 is 22.9 Å². The van der Waals surface area contributed by atoms with E-state index in [1.807, 2.05) is 36.6 Å². The smallest absolute Gasteiger partial charge is 0.278 e. The Bertz CT molecular complexity index is 1290. The van der Waals surface area contributed by atoms with E-state index in [0.717, 1.165) is 16.0 Å². The molecule has 2 N–H and O–H groups in total. The maximum atomic E-state index is 14.5. The van der Waals surface area contributed by atoms with Crippen molar-refractivity contribution in [2.24, 2.45) is 0 Å². The van der Waals surface area contributed by atoms with E-state index in [9.17, 15) is 19.1 Å². The van der Waals surface area contributed by atoms with E-state index in [1.54, 1.807) is 30.0 Å². The Morgan fingerprint density at radius 3 is 2.74 bits per heavy atom. The second-order valence-electron chi connectivity index (χ2n) is 7.59. The highest BCUT2D eigenvalue weighted by Crippen LogP contribution is 2.29. The minimum absolute atomic E-state index is 0.107. The average molecular weight is 482 g/mol. The lowest BCUT2D eigenvalue weighted by Crippen LogP contribution is -2.46. The van der Waals surface area contributed by atoms with Gasteiger partial charge in [0.15, 0.2) is 23.0 Å². The molecular weight excluding hydrogens is 457 g/mol. The molecule has 0 unspecified atom stereocenters. The number of para-hydroxylation sites is 1. The average Bonchev–Trinajstić information content (AvgIpc) is 2.84. The second-order valence-corrected chi connectivity index (χ2v) is 8.44. The number of aromatic nitrogens is 1. The lowest BCUT2D eigenvalue weighted by atomic mass is 10.0. The number of rotatable bonds is 8. The summed E-state index contributed by atoms with van der Waals surface area (Å²) in [5.74, 6) is -1.28. The van der Waals surface area contributed by atoms with Crippen molar-refractivity contribution in [1.82, 2.24) is 9.58 Å². The number of ether oxygens (including phenoxy) is 1. The molecule has 0 bridgehead atoms. The molecule has 0 fully saturated rings. The van der Waals surface area contributed by atoms with Gasteiger partial charge in [-0.05, 0) is 30.0 Å². The number of pyridine rings is 1. The van der Waals surface area contributed by atoms with Gasteiger partial charge in [0, 0.05) is 35.7 Å². The van der Waals surface area contributed by atoms with Gasteiger partial charge in [0.1, 0.15) is 13.3 Å². The van der Waals surface area contributed by atoms with Crippen LogP contribution in [-0.4, -0.2) is 46.7 Å². The predicted molar refractivity (Wildman–Crippen MR) is 130 cm³/mol. The number of nitrogens with one attached hydrogen (secondary N) is 1. The topological polar surface area (TPSA) is 83.8 Å². The minimum Gasteiger partial charge on any atom is -0.502 e. The zero-order valence-corrected chi connectivity index (χ0v) is 19.3. The normalized spacial score (nSPS) is 13.1. The van der Waals surface area contributed by atoms with E-state index in [4.69, 9.17) is 4.74 Å². The minimum atomic E-state index is -0.618. The van der Waals surface area contributed by atoms with Gasteiger partial charge in [-0.2, -0.15) is 0 Å². The molecular formula is C25H24FN3O4S. The number of aromatic hydroxyl groups is 1. The Morgan fingerprint density at radius 1 is 1.12 bits per heavy atom. The van der Waals surface area contributed by atoms with E-state index in [-0.39, 0.29) is 31.3 Å². The zero-order chi connectivity index (χ0) is 24.1. The molecule has 176 valence electrons. The van der Waals surface area contributed by atoms with Crippen LogP contribution in [0.25, 0.3) is 0 Å². The Hall–Kier alpha value is -3.72. The summed E-state index contributed by atoms with van der Waals surface area (Å²) in [6, 6.07) is 14.1. The number of carbonyl (C=O) groups is 1. The number of halogens is 1. The summed E-state index contributed by atoms with van der Waals surface area (Å²) in [5.41, 5.74) is 4.06. The number of carbonyl (C=O) groups excluding carboxylic acids is 1. The highest BCUT2D eigenvalue weighted by molar-refractivity contribution is 7.98. The SMILES string of the molecule is CSc1ccccc1Cc1cccc(F)c1OC/C=C\CN1CNn2ccc(=O)c(O)c2C1=O. The maximum absolute atomic E-state index is 14.5. The molecule has 7 nitrogen and oxygen atoms in total. The van der Waals surface area contributed by atoms with Crippen LogP contribution in [0.4, 0.5) is 4.39 Å². The molecule has 0 spiro atoms. The highest BCUT2D eigenvalue weighted by Gasteiger charge is 2.27. The van der Waals surface area contributed by atoms with Gasteiger partial charge in [-0.3, -0.25) is 14.3 Å². The van der Waals surface area contributed by atoms with Gasteiger partial charge >= 0.3 is 0 Å². The molecule has 2 aromatic carbocycles. The molecule has 9 heteroatoms. The Kier molecular flexibility index (Phi) is 7.22. The zero-order valence-electron chi connectivity index (χ0n) is 18.5. The first kappa shape index (κ1) is 23.4. The highest BCUT2D eigenvalue weighted by atomic mass is 32.2. The fourth-order valence-electron chi connectivity index (χ4n) is 3.70. The number of fused-ring (bicyclic) bond motifs is 1. The van der Waals surface area contributed by atoms with Crippen LogP contribution in [0.1, 0.15) is 21.6 Å². The van der Waals surface area contributed by atoms with Gasteiger partial charge in [-0.1, -0.05) is 36.4 Å². The molecule has 1 aromatic heterocycles. The monoisotopic (exact) mass is 481 g/mol. The molecule has 3 aromatic rings. The first-order valence-electron chi connectivity index (χ1n) is 10.6. The van der Waals surface area contributed by atoms with Crippen molar-refractivity contribution in [2.75, 3.05) is 31.5 Å². The molecule has 1 aliphatic rings. The van der Waals surface area contributed by atoms with Gasteiger partial charge in [0.2, 0.25) is 5.43 Å². The van der Waals surface area contributed by atoms with Gasteiger partial charge in [-0.25, -0.2) is 4.39 Å². The first-order chi connectivity index (χ1) is 16.5. The Morgan fingerprint density at radius 2 is 1.91 bits per heavy atom. The summed E-state index contributed by atoms with van der Waals surface area (Å²) in [4.78, 5) is 26.9. The Balaban J connectivity index is 1.39. The molecule has 1 aliphatic heterocycles. The van der Waals surface area contributed by atoms with Crippen LogP contribution in [0.2, 0.25) is 0 Å². The van der Waals surface area contributed by atoms with Crippen LogP contribution in [0.3, 0.4) is 0 Å². The van der Waals surface area contributed by atoms with E-state index in [2.05, 4.69) is 5.43 Å². The van der Waals surface area contributed by atoms with Crippen molar-refractivity contribution in [1.29, 1.82) is 0 Å². The van der Waals surface area contributed by atoms with Crippen molar-refractivity contribution in [3.05, 3.63) is 99.7 Å². The number of thioether (sulfide) groups is 1. The third kappa shape index (κ3) is 4.94. The maximum Gasteiger partial charge on any atom is 0.278 e. The van der Waals surface area contributed by atoms with Crippen molar-refractivity contribution in [3.63, 3.8) is 0 Å². The van der Waals surface area contributed by atoms with Crippen LogP contribution in [-0.2, 0) is 6.42 Å². The number of hydrogen-bond donors (Lipinski definition) is 2. The number of benzene rings is 2. The van der Waals surface area contributed by atoms with Gasteiger partial charge in [0.25, 0.3) is 5.91 Å². The summed E-state index contributed by atoms with van der Waals surface area (Å²) in [6.45, 7) is 0.545. The van der Waals surface area contributed by atoms with E-state index in [1.165, 1.54) is 27.9 Å². The van der Waals surface area contributed by atoms with Gasteiger partial charge in [-0.15, -0.1) is 11.8 Å². The molecule has 4 rings (SSSR count). The quantitative estimate of drug-likeness (QED) is 0.378. The molecule has 0 saturated heterocycles. The third-order valence-electron chi connectivity index (χ3n) is 5.43. The van der Waals surface area contributed by atoms with E-state index >= 15 is 0 Å². The predicted octanol–water partition coefficient (Wildman–Crippen LogP) is 3.60. The molecule has 34 heavy (non-hydrogen) atoms. The van der Waals surface area contributed by atoms with Gasteiger partial charge in [0.05, 0.1) is 0 Å². The molecule has 0 aliphatic carbocycles. The van der Waals surface area contributed by atoms with Crippen LogP contribution >= 0.6 is 11.8 Å². The molecule has 0 atom stereocenters. The summed E-state index contributed by atoms with van der Waals surface area (Å²) < 4.78 is 21.6. The number of nitrogens with zero attached hydrogens (tertiary/aromatic N) is 2. The van der Waals surface area contributed by atoms with Crippen molar-refractivity contribution < 1.29 is 19.0 Å². The molecule has 1 amide bonds. The Labute approximate surface area is 200 Å². The fraction of sp³-hybridized carbons (Fsp3) is 0.200. The second kappa shape index (κ2) is 10.5. The molecule has 0 radical (unpaired) electrons. The largest absolute Gasteiger partial charge is 0.502 e. The van der Waals surface area contributed by atoms with Crippen molar-refractivity contribution in [3.8, 4) is 11.5 Å². The van der Waals surface area contributed by atoms with Crippen LogP contribution in [0.15, 0.2) is 76.6 Å². The standard InChI is InChI=1S/C25H24FN3O4S/c1-34-21-10-3-2-7-17(21)15-18-8-6-9-19(26)24(18)33-14-5-4-12-28-16-27-29-13-11-20(30)23(31)22(29)25(28)32/h2-11,13,27,31H,12,14-16H2,1H3/b5-4-. The summed E-state index contributed by atoms with van der Waals surface area (Å²) in [6.07, 6.45) is 7.38. The van der Waals surface area contributed by atoms with Crippen molar-refractivity contribution >= 4 is 17.7 Å². The number of amides is 1. The lowest BCUT2D eigenvalue weighted by Gasteiger charge is -2.30. The molecule has 0 saturated carbocycles. The first-order valence-corrected chi connectivity index (χ1v) is 11.9. The van der Waals surface area contributed by atoms with Crippen LogP contribution in [0, 0.1) is 5.82 Å².